The van der Waals surface area contributed by atoms with Crippen LogP contribution in [0.15, 0.2) is 24.3 Å². The van der Waals surface area contributed by atoms with Gasteiger partial charge in [-0.1, -0.05) is 26.8 Å². The molecule has 0 bridgehead atoms. The van der Waals surface area contributed by atoms with Crippen LogP contribution >= 0.6 is 0 Å². The molecular formula is C19H28FN3O2. The van der Waals surface area contributed by atoms with Crippen LogP contribution in [0.3, 0.4) is 0 Å². The minimum atomic E-state index is -0.587. The standard InChI is InChI=1S/C19H28FN3O2/c1-13(21-18(25)19(2,3)4)17(24)22-15-8-6-10-23(12-15)16-9-5-7-14(20)11-16/h5,7,9,11,13,15H,6,8,10,12H2,1-4H3,(H,21,25)(H,22,24)/t13-,15-/m1/s1. The first-order valence-electron chi connectivity index (χ1n) is 8.78. The smallest absolute Gasteiger partial charge is 0.242 e. The molecule has 0 radical (unpaired) electrons. The van der Waals surface area contributed by atoms with Crippen LogP contribution in [0.5, 0.6) is 0 Å². The van der Waals surface area contributed by atoms with Crippen molar-refractivity contribution in [3.05, 3.63) is 30.1 Å². The molecule has 0 unspecified atom stereocenters. The van der Waals surface area contributed by atoms with Crippen LogP contribution in [0.25, 0.3) is 0 Å². The maximum Gasteiger partial charge on any atom is 0.242 e. The number of anilines is 1. The highest BCUT2D eigenvalue weighted by Gasteiger charge is 2.27. The third-order valence-electron chi connectivity index (χ3n) is 4.36. The van der Waals surface area contributed by atoms with E-state index in [0.717, 1.165) is 25.1 Å². The predicted molar refractivity (Wildman–Crippen MR) is 96.8 cm³/mol. The van der Waals surface area contributed by atoms with Crippen molar-refractivity contribution in [3.8, 4) is 0 Å². The quantitative estimate of drug-likeness (QED) is 0.878. The van der Waals surface area contributed by atoms with Crippen LogP contribution in [0.1, 0.15) is 40.5 Å². The van der Waals surface area contributed by atoms with Crippen molar-refractivity contribution in [2.45, 2.75) is 52.6 Å². The molecule has 1 aromatic carbocycles. The number of carbonyl (C=O) groups is 2. The van der Waals surface area contributed by atoms with Crippen molar-refractivity contribution in [1.29, 1.82) is 0 Å². The summed E-state index contributed by atoms with van der Waals surface area (Å²) in [6, 6.07) is 5.90. The van der Waals surface area contributed by atoms with Crippen LogP contribution in [-0.4, -0.2) is 37.0 Å². The SMILES string of the molecule is C[C@@H](NC(=O)C(C)(C)C)C(=O)N[C@@H]1CCCN(c2cccc(F)c2)C1. The zero-order valence-corrected chi connectivity index (χ0v) is 15.4. The lowest BCUT2D eigenvalue weighted by atomic mass is 9.95. The molecule has 0 saturated carbocycles. The zero-order chi connectivity index (χ0) is 18.6. The molecule has 2 atom stereocenters. The fourth-order valence-corrected chi connectivity index (χ4v) is 2.81. The van der Waals surface area contributed by atoms with Crippen LogP contribution in [0.4, 0.5) is 10.1 Å². The van der Waals surface area contributed by atoms with E-state index in [4.69, 9.17) is 0 Å². The number of amides is 2. The summed E-state index contributed by atoms with van der Waals surface area (Å²) < 4.78 is 13.4. The van der Waals surface area contributed by atoms with Crippen molar-refractivity contribution in [2.24, 2.45) is 5.41 Å². The van der Waals surface area contributed by atoms with Gasteiger partial charge in [-0.25, -0.2) is 4.39 Å². The van der Waals surface area contributed by atoms with E-state index in [-0.39, 0.29) is 23.7 Å². The third kappa shape index (κ3) is 5.44. The second-order valence-electron chi connectivity index (χ2n) is 7.72. The van der Waals surface area contributed by atoms with E-state index in [1.54, 1.807) is 13.0 Å². The number of carbonyl (C=O) groups excluding carboxylic acids is 2. The van der Waals surface area contributed by atoms with Gasteiger partial charge in [-0.3, -0.25) is 9.59 Å². The molecule has 0 aromatic heterocycles. The molecule has 0 aliphatic carbocycles. The van der Waals surface area contributed by atoms with Gasteiger partial charge in [-0.2, -0.15) is 0 Å². The molecule has 2 rings (SSSR count). The summed E-state index contributed by atoms with van der Waals surface area (Å²) in [6.45, 7) is 8.59. The van der Waals surface area contributed by atoms with Crippen molar-refractivity contribution in [2.75, 3.05) is 18.0 Å². The van der Waals surface area contributed by atoms with Gasteiger partial charge in [0.1, 0.15) is 11.9 Å². The summed E-state index contributed by atoms with van der Waals surface area (Å²) in [6.07, 6.45) is 1.79. The van der Waals surface area contributed by atoms with Crippen molar-refractivity contribution >= 4 is 17.5 Å². The lowest BCUT2D eigenvalue weighted by Gasteiger charge is -2.35. The average molecular weight is 349 g/mol. The molecule has 5 nitrogen and oxygen atoms in total. The van der Waals surface area contributed by atoms with E-state index < -0.39 is 11.5 Å². The van der Waals surface area contributed by atoms with E-state index in [1.165, 1.54) is 12.1 Å². The van der Waals surface area contributed by atoms with Crippen LogP contribution in [0.2, 0.25) is 0 Å². The van der Waals surface area contributed by atoms with Crippen LogP contribution in [0, 0.1) is 11.2 Å². The van der Waals surface area contributed by atoms with Gasteiger partial charge in [0, 0.05) is 30.2 Å². The predicted octanol–water partition coefficient (Wildman–Crippen LogP) is 2.46. The highest BCUT2D eigenvalue weighted by atomic mass is 19.1. The number of halogens is 1. The molecule has 1 fully saturated rings. The normalized spacial score (nSPS) is 19.2. The number of nitrogens with one attached hydrogen (secondary N) is 2. The van der Waals surface area contributed by atoms with Crippen molar-refractivity contribution in [1.82, 2.24) is 10.6 Å². The summed E-state index contributed by atoms with van der Waals surface area (Å²) in [7, 11) is 0. The molecule has 1 heterocycles. The fraction of sp³-hybridized carbons (Fsp3) is 0.579. The van der Waals surface area contributed by atoms with E-state index in [1.807, 2.05) is 26.8 Å². The molecule has 1 saturated heterocycles. The summed E-state index contributed by atoms with van der Waals surface area (Å²) in [4.78, 5) is 26.5. The van der Waals surface area contributed by atoms with Gasteiger partial charge >= 0.3 is 0 Å². The minimum Gasteiger partial charge on any atom is -0.369 e. The second kappa shape index (κ2) is 7.85. The van der Waals surface area contributed by atoms with Crippen molar-refractivity contribution < 1.29 is 14.0 Å². The zero-order valence-electron chi connectivity index (χ0n) is 15.4. The molecule has 0 spiro atoms. The van der Waals surface area contributed by atoms with Gasteiger partial charge in [-0.05, 0) is 38.0 Å². The molecule has 138 valence electrons. The summed E-state index contributed by atoms with van der Waals surface area (Å²) in [5.41, 5.74) is 0.293. The molecule has 1 aliphatic rings. The Morgan fingerprint density at radius 2 is 2.04 bits per heavy atom. The summed E-state index contributed by atoms with van der Waals surface area (Å²) in [5, 5.41) is 5.75. The average Bonchev–Trinajstić information content (AvgIpc) is 2.54. The Bertz CT molecular complexity index is 627. The Morgan fingerprint density at radius 3 is 2.68 bits per heavy atom. The first-order chi connectivity index (χ1) is 11.7. The maximum absolute atomic E-state index is 13.4. The van der Waals surface area contributed by atoms with E-state index >= 15 is 0 Å². The van der Waals surface area contributed by atoms with Gasteiger partial charge in [0.15, 0.2) is 0 Å². The summed E-state index contributed by atoms with van der Waals surface area (Å²) in [5.74, 6) is -0.606. The fourth-order valence-electron chi connectivity index (χ4n) is 2.81. The highest BCUT2D eigenvalue weighted by Crippen LogP contribution is 2.21. The van der Waals surface area contributed by atoms with Crippen molar-refractivity contribution in [3.63, 3.8) is 0 Å². The van der Waals surface area contributed by atoms with Gasteiger partial charge < -0.3 is 15.5 Å². The number of rotatable bonds is 4. The third-order valence-corrected chi connectivity index (χ3v) is 4.36. The van der Waals surface area contributed by atoms with Crippen LogP contribution in [-0.2, 0) is 9.59 Å². The molecule has 1 aromatic rings. The van der Waals surface area contributed by atoms with Crippen LogP contribution < -0.4 is 15.5 Å². The topological polar surface area (TPSA) is 61.4 Å². The number of benzene rings is 1. The van der Waals surface area contributed by atoms with Gasteiger partial charge in [0.2, 0.25) is 11.8 Å². The lowest BCUT2D eigenvalue weighted by molar-refractivity contribution is -0.133. The Balaban J connectivity index is 1.91. The molecular weight excluding hydrogens is 321 g/mol. The van der Waals surface area contributed by atoms with E-state index in [0.29, 0.717) is 6.54 Å². The molecule has 1 aliphatic heterocycles. The van der Waals surface area contributed by atoms with Gasteiger partial charge in [0.05, 0.1) is 0 Å². The molecule has 6 heteroatoms. The number of hydrogen-bond acceptors (Lipinski definition) is 3. The van der Waals surface area contributed by atoms with E-state index in [2.05, 4.69) is 15.5 Å². The largest absolute Gasteiger partial charge is 0.369 e. The second-order valence-corrected chi connectivity index (χ2v) is 7.72. The Kier molecular flexibility index (Phi) is 6.03. The highest BCUT2D eigenvalue weighted by molar-refractivity contribution is 5.89. The first-order valence-corrected chi connectivity index (χ1v) is 8.78. The lowest BCUT2D eigenvalue weighted by Crippen LogP contribution is -2.54. The molecule has 25 heavy (non-hydrogen) atoms. The minimum absolute atomic E-state index is 0.0153. The molecule has 2 N–H and O–H groups in total. The monoisotopic (exact) mass is 349 g/mol. The Hall–Kier alpha value is -2.11. The first kappa shape index (κ1) is 19.2. The number of piperidine rings is 1. The maximum atomic E-state index is 13.4. The summed E-state index contributed by atoms with van der Waals surface area (Å²) >= 11 is 0. The number of hydrogen-bond donors (Lipinski definition) is 2. The van der Waals surface area contributed by atoms with Gasteiger partial charge in [-0.15, -0.1) is 0 Å². The molecule has 2 amide bonds. The number of nitrogens with zero attached hydrogens (tertiary/aromatic N) is 1. The van der Waals surface area contributed by atoms with Gasteiger partial charge in [0.25, 0.3) is 0 Å². The Labute approximate surface area is 149 Å². The van der Waals surface area contributed by atoms with E-state index in [9.17, 15) is 14.0 Å². The Morgan fingerprint density at radius 1 is 1.32 bits per heavy atom.